The smallest absolute Gasteiger partial charge is 0.355 e. The van der Waals surface area contributed by atoms with Crippen molar-refractivity contribution in [3.63, 3.8) is 0 Å². The summed E-state index contributed by atoms with van der Waals surface area (Å²) in [5.41, 5.74) is 0.505. The molecule has 1 N–H and O–H groups in total. The molecule has 0 radical (unpaired) electrons. The van der Waals surface area contributed by atoms with Gasteiger partial charge in [0.1, 0.15) is 11.2 Å². The second-order valence-corrected chi connectivity index (χ2v) is 8.52. The number of likely N-dealkylation sites (N-methyl/N-ethyl adjacent to an activating group) is 1. The number of carbonyl (C=O) groups excluding carboxylic acids is 4. The zero-order valence-electron chi connectivity index (χ0n) is 19.1. The molecule has 1 atom stereocenters. The van der Waals surface area contributed by atoms with E-state index in [4.69, 9.17) is 21.1 Å². The molecule has 3 rings (SSSR count). The highest BCUT2D eigenvalue weighted by molar-refractivity contribution is 6.31. The molecule has 9 heteroatoms. The van der Waals surface area contributed by atoms with Gasteiger partial charge < -0.3 is 19.4 Å². The Kier molecular flexibility index (Phi) is 7.27. The molecule has 33 heavy (non-hydrogen) atoms. The molecule has 0 bridgehead atoms. The third-order valence-corrected chi connectivity index (χ3v) is 6.61. The Bertz CT molecular complexity index is 1110. The lowest BCUT2D eigenvalue weighted by molar-refractivity contribution is -0.150. The van der Waals surface area contributed by atoms with Crippen LogP contribution in [0.25, 0.3) is 0 Å². The van der Waals surface area contributed by atoms with Crippen LogP contribution in [0.15, 0.2) is 24.3 Å². The Morgan fingerprint density at radius 3 is 2.48 bits per heavy atom. The fourth-order valence-electron chi connectivity index (χ4n) is 4.50. The molecule has 1 aliphatic carbocycles. The first kappa shape index (κ1) is 24.5. The number of ketones is 1. The van der Waals surface area contributed by atoms with Crippen molar-refractivity contribution in [1.29, 1.82) is 0 Å². The van der Waals surface area contributed by atoms with Gasteiger partial charge in [0.05, 0.1) is 12.7 Å². The Hall–Kier alpha value is -3.13. The molecule has 1 aromatic heterocycles. The van der Waals surface area contributed by atoms with Gasteiger partial charge in [0.2, 0.25) is 0 Å². The molecular weight excluding hydrogens is 448 g/mol. The Labute approximate surface area is 197 Å². The van der Waals surface area contributed by atoms with Crippen molar-refractivity contribution in [2.45, 2.75) is 45.1 Å². The molecule has 1 aromatic carbocycles. The van der Waals surface area contributed by atoms with Crippen molar-refractivity contribution in [1.82, 2.24) is 9.88 Å². The van der Waals surface area contributed by atoms with Crippen LogP contribution in [0.5, 0.6) is 0 Å². The number of aromatic nitrogens is 1. The zero-order chi connectivity index (χ0) is 24.3. The van der Waals surface area contributed by atoms with Gasteiger partial charge in [-0.15, -0.1) is 0 Å². The lowest BCUT2D eigenvalue weighted by Gasteiger charge is -2.43. The number of nitrogens with zero attached hydrogens (tertiary/aromatic N) is 1. The van der Waals surface area contributed by atoms with E-state index in [0.29, 0.717) is 34.7 Å². The van der Waals surface area contributed by atoms with Crippen LogP contribution < -0.4 is 0 Å². The lowest BCUT2D eigenvalue weighted by atomic mass is 9.74. The van der Waals surface area contributed by atoms with Gasteiger partial charge in [-0.2, -0.15) is 0 Å². The summed E-state index contributed by atoms with van der Waals surface area (Å²) < 4.78 is 10.00. The summed E-state index contributed by atoms with van der Waals surface area (Å²) >= 11 is 6.42. The number of benzene rings is 1. The second kappa shape index (κ2) is 9.79. The third-order valence-electron chi connectivity index (χ3n) is 6.28. The second-order valence-electron chi connectivity index (χ2n) is 8.12. The molecule has 1 unspecified atom stereocenters. The maximum atomic E-state index is 13.1. The highest BCUT2D eigenvalue weighted by atomic mass is 35.5. The van der Waals surface area contributed by atoms with Crippen molar-refractivity contribution in [2.75, 3.05) is 20.8 Å². The first-order chi connectivity index (χ1) is 15.6. The molecule has 0 saturated heterocycles. The van der Waals surface area contributed by atoms with Crippen LogP contribution in [0.1, 0.15) is 63.4 Å². The van der Waals surface area contributed by atoms with Crippen LogP contribution in [0.4, 0.5) is 0 Å². The SMILES string of the molecule is COC(=O)c1c(C)[nH]c(C(=O)OCC(=O)N(C)C2(c3ccccc3Cl)CCCCC2=O)c1C. The molecule has 0 spiro atoms. The number of nitrogens with one attached hydrogen (secondary N) is 1. The van der Waals surface area contributed by atoms with E-state index in [1.54, 1.807) is 38.1 Å². The topological polar surface area (TPSA) is 106 Å². The molecule has 0 aliphatic heterocycles. The number of H-pyrrole nitrogens is 1. The van der Waals surface area contributed by atoms with E-state index in [1.807, 2.05) is 0 Å². The molecule has 2 aromatic rings. The van der Waals surface area contributed by atoms with E-state index in [2.05, 4.69) is 4.98 Å². The largest absolute Gasteiger partial charge is 0.465 e. The third kappa shape index (κ3) is 4.39. The first-order valence-corrected chi connectivity index (χ1v) is 11.0. The van der Waals surface area contributed by atoms with Crippen LogP contribution in [-0.4, -0.2) is 54.3 Å². The number of Topliss-reactive ketones (excluding diaryl/α,β-unsaturated/α-hetero) is 1. The first-order valence-electron chi connectivity index (χ1n) is 10.6. The maximum Gasteiger partial charge on any atom is 0.355 e. The standard InChI is InChI=1S/C24H27ClN2O6/c1-14-20(22(30)32-4)15(2)26-21(14)23(31)33-13-19(29)27(3)24(12-8-7-11-18(24)28)16-9-5-6-10-17(16)25/h5-6,9-10,26H,7-8,11-13H2,1-4H3. The fraction of sp³-hybridized carbons (Fsp3) is 0.417. The summed E-state index contributed by atoms with van der Waals surface area (Å²) in [5.74, 6) is -1.99. The van der Waals surface area contributed by atoms with Crippen molar-refractivity contribution >= 4 is 35.2 Å². The number of rotatable bonds is 6. The fourth-order valence-corrected chi connectivity index (χ4v) is 4.79. The zero-order valence-corrected chi connectivity index (χ0v) is 19.9. The summed E-state index contributed by atoms with van der Waals surface area (Å²) in [6, 6.07) is 6.98. The average Bonchev–Trinajstić information content (AvgIpc) is 3.11. The molecule has 1 saturated carbocycles. The molecule has 8 nitrogen and oxygen atoms in total. The van der Waals surface area contributed by atoms with Crippen LogP contribution in [0, 0.1) is 13.8 Å². The van der Waals surface area contributed by atoms with E-state index in [9.17, 15) is 19.2 Å². The Balaban J connectivity index is 1.82. The van der Waals surface area contributed by atoms with Gasteiger partial charge in [-0.05, 0) is 44.7 Å². The molecular formula is C24H27ClN2O6. The molecule has 1 amide bonds. The summed E-state index contributed by atoms with van der Waals surface area (Å²) in [4.78, 5) is 55.0. The monoisotopic (exact) mass is 474 g/mol. The van der Waals surface area contributed by atoms with Crippen LogP contribution >= 0.6 is 11.6 Å². The Morgan fingerprint density at radius 2 is 1.85 bits per heavy atom. The minimum atomic E-state index is -1.21. The molecule has 1 heterocycles. The van der Waals surface area contributed by atoms with Crippen molar-refractivity contribution in [3.05, 3.63) is 57.4 Å². The number of aromatic amines is 1. The normalized spacial score (nSPS) is 18.0. The number of carbonyl (C=O) groups is 4. The summed E-state index contributed by atoms with van der Waals surface area (Å²) in [6.45, 7) is 2.66. The molecule has 1 fully saturated rings. The lowest BCUT2D eigenvalue weighted by Crippen LogP contribution is -2.55. The van der Waals surface area contributed by atoms with Gasteiger partial charge in [-0.25, -0.2) is 9.59 Å². The predicted molar refractivity (Wildman–Crippen MR) is 121 cm³/mol. The van der Waals surface area contributed by atoms with E-state index in [0.717, 1.165) is 12.8 Å². The summed E-state index contributed by atoms with van der Waals surface area (Å²) in [6.07, 6.45) is 2.27. The predicted octanol–water partition coefficient (Wildman–Crippen LogP) is 3.73. The number of ether oxygens (including phenoxy) is 2. The highest BCUT2D eigenvalue weighted by Gasteiger charge is 2.48. The number of esters is 2. The van der Waals surface area contributed by atoms with E-state index >= 15 is 0 Å². The quantitative estimate of drug-likeness (QED) is 0.639. The van der Waals surface area contributed by atoms with Crippen LogP contribution in [-0.2, 0) is 24.6 Å². The maximum absolute atomic E-state index is 13.1. The van der Waals surface area contributed by atoms with Gasteiger partial charge in [0, 0.05) is 29.7 Å². The number of methoxy groups -OCH3 is 1. The van der Waals surface area contributed by atoms with Gasteiger partial charge in [0.15, 0.2) is 12.4 Å². The number of amides is 1. The molecule has 1 aliphatic rings. The highest BCUT2D eigenvalue weighted by Crippen LogP contribution is 2.42. The minimum Gasteiger partial charge on any atom is -0.465 e. The Morgan fingerprint density at radius 1 is 1.15 bits per heavy atom. The number of hydrogen-bond donors (Lipinski definition) is 1. The molecule has 176 valence electrons. The number of hydrogen-bond acceptors (Lipinski definition) is 6. The van der Waals surface area contributed by atoms with Crippen molar-refractivity contribution < 1.29 is 28.7 Å². The number of aryl methyl sites for hydroxylation is 1. The average molecular weight is 475 g/mol. The summed E-state index contributed by atoms with van der Waals surface area (Å²) in [7, 11) is 2.78. The van der Waals surface area contributed by atoms with Gasteiger partial charge in [-0.3, -0.25) is 9.59 Å². The van der Waals surface area contributed by atoms with Gasteiger partial charge >= 0.3 is 11.9 Å². The van der Waals surface area contributed by atoms with E-state index in [1.165, 1.54) is 19.1 Å². The van der Waals surface area contributed by atoms with Crippen LogP contribution in [0.2, 0.25) is 5.02 Å². The van der Waals surface area contributed by atoms with Crippen molar-refractivity contribution in [2.24, 2.45) is 0 Å². The minimum absolute atomic E-state index is 0.0675. The van der Waals surface area contributed by atoms with E-state index in [-0.39, 0.29) is 17.0 Å². The van der Waals surface area contributed by atoms with Gasteiger partial charge in [-0.1, -0.05) is 29.8 Å². The summed E-state index contributed by atoms with van der Waals surface area (Å²) in [5, 5.41) is 0.400. The van der Waals surface area contributed by atoms with Gasteiger partial charge in [0.25, 0.3) is 5.91 Å². The van der Waals surface area contributed by atoms with Crippen molar-refractivity contribution in [3.8, 4) is 0 Å². The van der Waals surface area contributed by atoms with E-state index < -0.39 is 30.0 Å². The number of halogens is 1. The van der Waals surface area contributed by atoms with Crippen LogP contribution in [0.3, 0.4) is 0 Å².